The van der Waals surface area contributed by atoms with Crippen molar-refractivity contribution in [3.05, 3.63) is 0 Å². The predicted octanol–water partition coefficient (Wildman–Crippen LogP) is 2.93. The maximum absolute atomic E-state index is 13.1. The second kappa shape index (κ2) is 6.25. The molecule has 2 aliphatic carbocycles. The molecule has 2 aliphatic rings. The fourth-order valence-corrected chi connectivity index (χ4v) is 3.87. The maximum Gasteiger partial charge on any atom is 0.230 e. The van der Waals surface area contributed by atoms with Crippen molar-refractivity contribution in [3.63, 3.8) is 0 Å². The number of carbonyl (C=O) groups is 1. The van der Waals surface area contributed by atoms with E-state index in [1.165, 1.54) is 38.5 Å². The molecule has 3 nitrogen and oxygen atoms in total. The van der Waals surface area contributed by atoms with Gasteiger partial charge in [0.15, 0.2) is 0 Å². The summed E-state index contributed by atoms with van der Waals surface area (Å²) in [5.74, 6) is 0.911. The maximum atomic E-state index is 13.1. The Morgan fingerprint density at radius 3 is 2.26 bits per heavy atom. The molecule has 0 aromatic carbocycles. The Labute approximate surface area is 117 Å². The summed E-state index contributed by atoms with van der Waals surface area (Å²) in [7, 11) is 0. The minimum Gasteiger partial charge on any atom is -0.339 e. The highest BCUT2D eigenvalue weighted by Crippen LogP contribution is 2.40. The van der Waals surface area contributed by atoms with E-state index in [9.17, 15) is 4.79 Å². The van der Waals surface area contributed by atoms with E-state index in [1.807, 2.05) is 0 Å². The van der Waals surface area contributed by atoms with Crippen molar-refractivity contribution < 1.29 is 4.79 Å². The van der Waals surface area contributed by atoms with Crippen molar-refractivity contribution in [2.24, 2.45) is 17.1 Å². The molecule has 0 atom stereocenters. The lowest BCUT2D eigenvalue weighted by molar-refractivity contribution is -0.144. The molecular formula is C16H30N2O. The van der Waals surface area contributed by atoms with Crippen LogP contribution >= 0.6 is 0 Å². The number of amides is 1. The number of hydrogen-bond donors (Lipinski definition) is 1. The second-order valence-corrected chi connectivity index (χ2v) is 6.98. The SMILES string of the molecule is CC(C)CN(C(=O)C1(CN)CCCC1)C1CCCC1. The van der Waals surface area contributed by atoms with Gasteiger partial charge in [0.25, 0.3) is 0 Å². The summed E-state index contributed by atoms with van der Waals surface area (Å²) in [4.78, 5) is 15.3. The summed E-state index contributed by atoms with van der Waals surface area (Å²) in [6.07, 6.45) is 9.29. The first-order chi connectivity index (χ1) is 9.09. The van der Waals surface area contributed by atoms with Crippen LogP contribution in [0.15, 0.2) is 0 Å². The van der Waals surface area contributed by atoms with E-state index >= 15 is 0 Å². The van der Waals surface area contributed by atoms with Gasteiger partial charge in [-0.25, -0.2) is 0 Å². The number of hydrogen-bond acceptors (Lipinski definition) is 2. The van der Waals surface area contributed by atoms with Crippen molar-refractivity contribution in [1.82, 2.24) is 4.90 Å². The van der Waals surface area contributed by atoms with Gasteiger partial charge in [0.1, 0.15) is 0 Å². The van der Waals surface area contributed by atoms with Crippen molar-refractivity contribution in [3.8, 4) is 0 Å². The van der Waals surface area contributed by atoms with Crippen molar-refractivity contribution >= 4 is 5.91 Å². The first-order valence-electron chi connectivity index (χ1n) is 8.10. The molecule has 0 aliphatic heterocycles. The molecule has 2 rings (SSSR count). The minimum atomic E-state index is -0.225. The average molecular weight is 266 g/mol. The van der Waals surface area contributed by atoms with Crippen LogP contribution in [0.1, 0.15) is 65.2 Å². The fraction of sp³-hybridized carbons (Fsp3) is 0.938. The Balaban J connectivity index is 2.13. The third kappa shape index (κ3) is 3.13. The Bertz CT molecular complexity index is 302. The smallest absolute Gasteiger partial charge is 0.230 e. The zero-order valence-electron chi connectivity index (χ0n) is 12.7. The summed E-state index contributed by atoms with van der Waals surface area (Å²) in [5, 5.41) is 0. The Kier molecular flexibility index (Phi) is 4.88. The Hall–Kier alpha value is -0.570. The zero-order chi connectivity index (χ0) is 13.9. The van der Waals surface area contributed by atoms with Crippen LogP contribution in [0.3, 0.4) is 0 Å². The molecule has 0 radical (unpaired) electrons. The summed E-state index contributed by atoms with van der Waals surface area (Å²) in [6, 6.07) is 0.485. The molecule has 19 heavy (non-hydrogen) atoms. The molecule has 0 aromatic rings. The molecule has 0 aromatic heterocycles. The number of nitrogens with two attached hydrogens (primary N) is 1. The van der Waals surface area contributed by atoms with Gasteiger partial charge >= 0.3 is 0 Å². The minimum absolute atomic E-state index is 0.225. The molecule has 0 bridgehead atoms. The molecule has 2 saturated carbocycles. The fourth-order valence-electron chi connectivity index (χ4n) is 3.87. The van der Waals surface area contributed by atoms with Gasteiger partial charge in [0.2, 0.25) is 5.91 Å². The van der Waals surface area contributed by atoms with Gasteiger partial charge in [-0.2, -0.15) is 0 Å². The van der Waals surface area contributed by atoms with Crippen LogP contribution in [-0.4, -0.2) is 29.9 Å². The Morgan fingerprint density at radius 2 is 1.79 bits per heavy atom. The average Bonchev–Trinajstić information content (AvgIpc) is 3.06. The van der Waals surface area contributed by atoms with Crippen LogP contribution in [0.2, 0.25) is 0 Å². The van der Waals surface area contributed by atoms with Crippen LogP contribution in [0, 0.1) is 11.3 Å². The molecule has 0 saturated heterocycles. The lowest BCUT2D eigenvalue weighted by Gasteiger charge is -2.38. The third-order valence-corrected chi connectivity index (χ3v) is 4.99. The summed E-state index contributed by atoms with van der Waals surface area (Å²) >= 11 is 0. The molecule has 1 amide bonds. The van der Waals surface area contributed by atoms with Crippen LogP contribution < -0.4 is 5.73 Å². The standard InChI is InChI=1S/C16H30N2O/c1-13(2)11-18(14-7-3-4-8-14)15(19)16(12-17)9-5-6-10-16/h13-14H,3-12,17H2,1-2H3. The van der Waals surface area contributed by atoms with Gasteiger partial charge in [-0.1, -0.05) is 39.5 Å². The molecule has 0 heterocycles. The van der Waals surface area contributed by atoms with Crippen LogP contribution in [0.5, 0.6) is 0 Å². The quantitative estimate of drug-likeness (QED) is 0.831. The lowest BCUT2D eigenvalue weighted by Crippen LogP contribution is -2.51. The van der Waals surface area contributed by atoms with Gasteiger partial charge in [0, 0.05) is 19.1 Å². The highest BCUT2D eigenvalue weighted by molar-refractivity contribution is 5.83. The van der Waals surface area contributed by atoms with Gasteiger partial charge < -0.3 is 10.6 Å². The van der Waals surface area contributed by atoms with Crippen molar-refractivity contribution in [1.29, 1.82) is 0 Å². The van der Waals surface area contributed by atoms with E-state index in [4.69, 9.17) is 5.73 Å². The molecule has 0 spiro atoms. The molecule has 3 heteroatoms. The highest BCUT2D eigenvalue weighted by Gasteiger charge is 2.44. The number of rotatable bonds is 5. The van der Waals surface area contributed by atoms with Crippen molar-refractivity contribution in [2.45, 2.75) is 71.3 Å². The molecule has 2 fully saturated rings. The molecular weight excluding hydrogens is 236 g/mol. The van der Waals surface area contributed by atoms with E-state index in [0.717, 1.165) is 19.4 Å². The Morgan fingerprint density at radius 1 is 1.21 bits per heavy atom. The summed E-state index contributed by atoms with van der Waals surface area (Å²) in [6.45, 7) is 5.86. The molecule has 2 N–H and O–H groups in total. The summed E-state index contributed by atoms with van der Waals surface area (Å²) < 4.78 is 0. The first-order valence-corrected chi connectivity index (χ1v) is 8.10. The highest BCUT2D eigenvalue weighted by atomic mass is 16.2. The van der Waals surface area contributed by atoms with E-state index in [-0.39, 0.29) is 5.41 Å². The zero-order valence-corrected chi connectivity index (χ0v) is 12.7. The first kappa shape index (κ1) is 14.8. The van der Waals surface area contributed by atoms with Crippen LogP contribution in [-0.2, 0) is 4.79 Å². The predicted molar refractivity (Wildman–Crippen MR) is 78.8 cm³/mol. The monoisotopic (exact) mass is 266 g/mol. The number of nitrogens with zero attached hydrogens (tertiary/aromatic N) is 1. The normalized spacial score (nSPS) is 23.2. The topological polar surface area (TPSA) is 46.3 Å². The van der Waals surface area contributed by atoms with E-state index in [2.05, 4.69) is 18.7 Å². The van der Waals surface area contributed by atoms with E-state index in [1.54, 1.807) is 0 Å². The van der Waals surface area contributed by atoms with Gasteiger partial charge in [0.05, 0.1) is 5.41 Å². The van der Waals surface area contributed by atoms with Crippen LogP contribution in [0.25, 0.3) is 0 Å². The lowest BCUT2D eigenvalue weighted by atomic mass is 9.84. The van der Waals surface area contributed by atoms with Gasteiger partial charge in [-0.15, -0.1) is 0 Å². The molecule has 110 valence electrons. The van der Waals surface area contributed by atoms with E-state index < -0.39 is 0 Å². The van der Waals surface area contributed by atoms with Crippen LogP contribution in [0.4, 0.5) is 0 Å². The number of carbonyl (C=O) groups excluding carboxylic acids is 1. The second-order valence-electron chi connectivity index (χ2n) is 6.98. The molecule has 0 unspecified atom stereocenters. The van der Waals surface area contributed by atoms with Crippen molar-refractivity contribution in [2.75, 3.05) is 13.1 Å². The van der Waals surface area contributed by atoms with Gasteiger partial charge in [-0.3, -0.25) is 4.79 Å². The largest absolute Gasteiger partial charge is 0.339 e. The van der Waals surface area contributed by atoms with Gasteiger partial charge in [-0.05, 0) is 31.6 Å². The summed E-state index contributed by atoms with van der Waals surface area (Å²) in [5.41, 5.74) is 5.76. The van der Waals surface area contributed by atoms with E-state index in [0.29, 0.717) is 24.4 Å². The third-order valence-electron chi connectivity index (χ3n) is 4.99.